The van der Waals surface area contributed by atoms with Gasteiger partial charge >= 0.3 is 6.03 Å². The predicted octanol–water partition coefficient (Wildman–Crippen LogP) is 2.65. The van der Waals surface area contributed by atoms with Crippen molar-refractivity contribution in [1.29, 1.82) is 0 Å². The van der Waals surface area contributed by atoms with E-state index in [0.717, 1.165) is 36.6 Å². The average Bonchev–Trinajstić information content (AvgIpc) is 2.52. The summed E-state index contributed by atoms with van der Waals surface area (Å²) in [6.07, 6.45) is 2.29. The fourth-order valence-electron chi connectivity index (χ4n) is 2.65. The molecular formula is C16H24N2O3. The third kappa shape index (κ3) is 4.03. The fraction of sp³-hybridized carbons (Fsp3) is 0.562. The number of carbonyl (C=O) groups is 1. The molecule has 2 amide bonds. The average molecular weight is 292 g/mol. The zero-order chi connectivity index (χ0) is 15.2. The SMILES string of the molecule is COc1ccc(CNC(=O)N2CCC[C@H](C)C2)c(OC)c1. The second kappa shape index (κ2) is 7.20. The topological polar surface area (TPSA) is 50.8 Å². The maximum atomic E-state index is 12.2. The Labute approximate surface area is 126 Å². The first-order valence-corrected chi connectivity index (χ1v) is 7.37. The summed E-state index contributed by atoms with van der Waals surface area (Å²) in [5, 5.41) is 2.97. The van der Waals surface area contributed by atoms with E-state index >= 15 is 0 Å². The molecule has 0 radical (unpaired) electrons. The molecule has 1 heterocycles. The van der Waals surface area contributed by atoms with E-state index in [1.165, 1.54) is 6.42 Å². The van der Waals surface area contributed by atoms with E-state index < -0.39 is 0 Å². The lowest BCUT2D eigenvalue weighted by Gasteiger charge is -2.31. The van der Waals surface area contributed by atoms with Gasteiger partial charge in [0, 0.05) is 31.3 Å². The normalized spacial score (nSPS) is 18.2. The van der Waals surface area contributed by atoms with Gasteiger partial charge in [0.2, 0.25) is 0 Å². The van der Waals surface area contributed by atoms with Gasteiger partial charge < -0.3 is 19.7 Å². The summed E-state index contributed by atoms with van der Waals surface area (Å²) < 4.78 is 10.5. The summed E-state index contributed by atoms with van der Waals surface area (Å²) >= 11 is 0. The molecule has 2 rings (SSSR count). The molecule has 0 unspecified atom stereocenters. The highest BCUT2D eigenvalue weighted by atomic mass is 16.5. The Kier molecular flexibility index (Phi) is 5.31. The van der Waals surface area contributed by atoms with Crippen LogP contribution in [0.3, 0.4) is 0 Å². The van der Waals surface area contributed by atoms with Gasteiger partial charge in [0.25, 0.3) is 0 Å². The van der Waals surface area contributed by atoms with Gasteiger partial charge in [0.15, 0.2) is 0 Å². The highest BCUT2D eigenvalue weighted by Crippen LogP contribution is 2.24. The summed E-state index contributed by atoms with van der Waals surface area (Å²) in [5.41, 5.74) is 0.941. The van der Waals surface area contributed by atoms with Crippen LogP contribution in [-0.4, -0.2) is 38.2 Å². The van der Waals surface area contributed by atoms with Crippen molar-refractivity contribution in [3.05, 3.63) is 23.8 Å². The molecule has 5 nitrogen and oxygen atoms in total. The highest BCUT2D eigenvalue weighted by Gasteiger charge is 2.20. The first kappa shape index (κ1) is 15.5. The first-order chi connectivity index (χ1) is 10.1. The van der Waals surface area contributed by atoms with Crippen molar-refractivity contribution in [2.45, 2.75) is 26.3 Å². The Morgan fingerprint density at radius 2 is 2.19 bits per heavy atom. The molecule has 1 saturated heterocycles. The van der Waals surface area contributed by atoms with Crippen LogP contribution in [0.25, 0.3) is 0 Å². The van der Waals surface area contributed by atoms with E-state index in [0.29, 0.717) is 12.5 Å². The number of hydrogen-bond donors (Lipinski definition) is 1. The third-order valence-electron chi connectivity index (χ3n) is 3.87. The van der Waals surface area contributed by atoms with Gasteiger partial charge in [-0.15, -0.1) is 0 Å². The minimum Gasteiger partial charge on any atom is -0.497 e. The zero-order valence-corrected chi connectivity index (χ0v) is 13.0. The highest BCUT2D eigenvalue weighted by molar-refractivity contribution is 5.74. The molecule has 1 aromatic carbocycles. The van der Waals surface area contributed by atoms with Gasteiger partial charge in [-0.2, -0.15) is 0 Å². The van der Waals surface area contributed by atoms with E-state index in [2.05, 4.69) is 12.2 Å². The third-order valence-corrected chi connectivity index (χ3v) is 3.87. The van der Waals surface area contributed by atoms with Crippen LogP contribution < -0.4 is 14.8 Å². The van der Waals surface area contributed by atoms with E-state index in [4.69, 9.17) is 9.47 Å². The summed E-state index contributed by atoms with van der Waals surface area (Å²) in [6, 6.07) is 5.60. The number of nitrogens with one attached hydrogen (secondary N) is 1. The summed E-state index contributed by atoms with van der Waals surface area (Å²) in [7, 11) is 3.24. The molecule has 0 bridgehead atoms. The lowest BCUT2D eigenvalue weighted by Crippen LogP contribution is -2.44. The lowest BCUT2D eigenvalue weighted by atomic mass is 10.0. The van der Waals surface area contributed by atoms with Crippen molar-refractivity contribution in [3.63, 3.8) is 0 Å². The van der Waals surface area contributed by atoms with Crippen molar-refractivity contribution in [2.24, 2.45) is 5.92 Å². The summed E-state index contributed by atoms with van der Waals surface area (Å²) in [4.78, 5) is 14.1. The van der Waals surface area contributed by atoms with Gasteiger partial charge in [-0.1, -0.05) is 6.92 Å². The summed E-state index contributed by atoms with van der Waals surface area (Å²) in [5.74, 6) is 2.05. The summed E-state index contributed by atoms with van der Waals surface area (Å²) in [6.45, 7) is 4.32. The number of carbonyl (C=O) groups excluding carboxylic acids is 1. The van der Waals surface area contributed by atoms with E-state index in [9.17, 15) is 4.79 Å². The number of rotatable bonds is 4. The maximum Gasteiger partial charge on any atom is 0.317 e. The number of urea groups is 1. The van der Waals surface area contributed by atoms with Crippen LogP contribution in [0.15, 0.2) is 18.2 Å². The number of methoxy groups -OCH3 is 2. The quantitative estimate of drug-likeness (QED) is 0.928. The minimum atomic E-state index is -0.000536. The molecular weight excluding hydrogens is 268 g/mol. The Morgan fingerprint density at radius 3 is 2.86 bits per heavy atom. The standard InChI is InChI=1S/C16H24N2O3/c1-12-5-4-8-18(11-12)16(19)17-10-13-6-7-14(20-2)9-15(13)21-3/h6-7,9,12H,4-5,8,10-11H2,1-3H3,(H,17,19)/t12-/m0/s1. The molecule has 0 aliphatic carbocycles. The molecule has 1 aromatic rings. The Balaban J connectivity index is 1.94. The minimum absolute atomic E-state index is 0.000536. The number of nitrogens with zero attached hydrogens (tertiary/aromatic N) is 1. The van der Waals surface area contributed by atoms with Crippen LogP contribution in [-0.2, 0) is 6.54 Å². The Hall–Kier alpha value is -1.91. The molecule has 0 saturated carbocycles. The second-order valence-corrected chi connectivity index (χ2v) is 5.53. The molecule has 21 heavy (non-hydrogen) atoms. The number of piperidine rings is 1. The van der Waals surface area contributed by atoms with Crippen LogP contribution in [0, 0.1) is 5.92 Å². The van der Waals surface area contributed by atoms with E-state index in [1.807, 2.05) is 23.1 Å². The number of benzene rings is 1. The van der Waals surface area contributed by atoms with Gasteiger partial charge in [-0.05, 0) is 30.9 Å². The van der Waals surface area contributed by atoms with Crippen molar-refractivity contribution in [1.82, 2.24) is 10.2 Å². The smallest absolute Gasteiger partial charge is 0.317 e. The fourth-order valence-corrected chi connectivity index (χ4v) is 2.65. The zero-order valence-electron chi connectivity index (χ0n) is 13.0. The van der Waals surface area contributed by atoms with E-state index in [1.54, 1.807) is 14.2 Å². The first-order valence-electron chi connectivity index (χ1n) is 7.37. The molecule has 1 fully saturated rings. The van der Waals surface area contributed by atoms with Crippen molar-refractivity contribution in [2.75, 3.05) is 27.3 Å². The maximum absolute atomic E-state index is 12.2. The number of ether oxygens (including phenoxy) is 2. The molecule has 1 aliphatic rings. The number of amides is 2. The molecule has 5 heteroatoms. The van der Waals surface area contributed by atoms with Crippen LogP contribution >= 0.6 is 0 Å². The largest absolute Gasteiger partial charge is 0.497 e. The van der Waals surface area contributed by atoms with Gasteiger partial charge in [-0.25, -0.2) is 4.79 Å². The molecule has 0 aromatic heterocycles. The van der Waals surface area contributed by atoms with Crippen molar-refractivity contribution < 1.29 is 14.3 Å². The van der Waals surface area contributed by atoms with Gasteiger partial charge in [0.1, 0.15) is 11.5 Å². The molecule has 1 N–H and O–H groups in total. The predicted molar refractivity (Wildman–Crippen MR) is 81.8 cm³/mol. The molecule has 1 aliphatic heterocycles. The Morgan fingerprint density at radius 1 is 1.38 bits per heavy atom. The second-order valence-electron chi connectivity index (χ2n) is 5.53. The molecule has 1 atom stereocenters. The Bertz CT molecular complexity index is 490. The van der Waals surface area contributed by atoms with Crippen LogP contribution in [0.5, 0.6) is 11.5 Å². The van der Waals surface area contributed by atoms with Gasteiger partial charge in [0.05, 0.1) is 14.2 Å². The van der Waals surface area contributed by atoms with Crippen molar-refractivity contribution >= 4 is 6.03 Å². The monoisotopic (exact) mass is 292 g/mol. The molecule has 0 spiro atoms. The van der Waals surface area contributed by atoms with Crippen LogP contribution in [0.4, 0.5) is 4.79 Å². The van der Waals surface area contributed by atoms with Crippen LogP contribution in [0.1, 0.15) is 25.3 Å². The van der Waals surface area contributed by atoms with Crippen LogP contribution in [0.2, 0.25) is 0 Å². The lowest BCUT2D eigenvalue weighted by molar-refractivity contribution is 0.169. The van der Waals surface area contributed by atoms with Gasteiger partial charge in [-0.3, -0.25) is 0 Å². The van der Waals surface area contributed by atoms with Crippen molar-refractivity contribution in [3.8, 4) is 11.5 Å². The number of likely N-dealkylation sites (tertiary alicyclic amines) is 1. The molecule has 116 valence electrons. The number of hydrogen-bond acceptors (Lipinski definition) is 3. The van der Waals surface area contributed by atoms with E-state index in [-0.39, 0.29) is 6.03 Å².